The first kappa shape index (κ1) is 21.5. The van der Waals surface area contributed by atoms with E-state index >= 15 is 0 Å². The summed E-state index contributed by atoms with van der Waals surface area (Å²) in [6.45, 7) is 0. The number of imidazole rings is 1. The van der Waals surface area contributed by atoms with Crippen molar-refractivity contribution in [3.8, 4) is 0 Å². The van der Waals surface area contributed by atoms with E-state index in [1.165, 1.54) is 0 Å². The minimum atomic E-state index is -4.58. The molecule has 1 atom stereocenters. The zero-order chi connectivity index (χ0) is 22.9. The van der Waals surface area contributed by atoms with Crippen molar-refractivity contribution in [1.82, 2.24) is 9.97 Å². The highest BCUT2D eigenvalue weighted by molar-refractivity contribution is 6.33. The summed E-state index contributed by atoms with van der Waals surface area (Å²) < 4.78 is 39.2. The molecule has 4 aromatic rings. The molecule has 0 radical (unpaired) electrons. The number of fused-ring (bicyclic) bond motifs is 1. The van der Waals surface area contributed by atoms with E-state index in [1.54, 1.807) is 48.5 Å². The summed E-state index contributed by atoms with van der Waals surface area (Å²) in [5.74, 6) is -0.611. The molecule has 0 unspecified atom stereocenters. The standard InChI is InChI=1S/C22H16ClF3N4O2/c23-15-8-6-13(22(24,25)26)10-17(15)28-20(31)19(12-4-2-1-3-5-12)27-14-7-9-16-18(11-14)30-21(32)29-16/h1-11,19,27H,(H,28,31)(H2,29,30,32)/t19-/m1/s1. The van der Waals surface area contributed by atoms with Crippen LogP contribution < -0.4 is 16.3 Å². The molecule has 1 amide bonds. The highest BCUT2D eigenvalue weighted by Crippen LogP contribution is 2.34. The number of nitrogens with one attached hydrogen (secondary N) is 4. The van der Waals surface area contributed by atoms with Gasteiger partial charge in [0.05, 0.1) is 27.3 Å². The molecule has 10 heteroatoms. The fraction of sp³-hybridized carbons (Fsp3) is 0.0909. The predicted octanol–water partition coefficient (Wildman–Crippen LogP) is 5.32. The molecular weight excluding hydrogens is 445 g/mol. The third-order valence-corrected chi connectivity index (χ3v) is 5.10. The van der Waals surface area contributed by atoms with Gasteiger partial charge in [-0.2, -0.15) is 13.2 Å². The topological polar surface area (TPSA) is 89.8 Å². The zero-order valence-corrected chi connectivity index (χ0v) is 17.0. The van der Waals surface area contributed by atoms with E-state index < -0.39 is 23.7 Å². The Morgan fingerprint density at radius 2 is 1.66 bits per heavy atom. The molecule has 0 bridgehead atoms. The van der Waals surface area contributed by atoms with Crippen molar-refractivity contribution in [2.45, 2.75) is 12.2 Å². The maximum Gasteiger partial charge on any atom is 0.416 e. The van der Waals surface area contributed by atoms with Gasteiger partial charge in [-0.1, -0.05) is 41.9 Å². The lowest BCUT2D eigenvalue weighted by Crippen LogP contribution is -2.27. The van der Waals surface area contributed by atoms with Gasteiger partial charge >= 0.3 is 11.9 Å². The van der Waals surface area contributed by atoms with Crippen molar-refractivity contribution >= 4 is 39.9 Å². The molecule has 0 spiro atoms. The van der Waals surface area contributed by atoms with Gasteiger partial charge in [-0.15, -0.1) is 0 Å². The Kier molecular flexibility index (Phi) is 5.67. The lowest BCUT2D eigenvalue weighted by Gasteiger charge is -2.21. The molecule has 0 aliphatic rings. The van der Waals surface area contributed by atoms with Crippen molar-refractivity contribution in [2.75, 3.05) is 10.6 Å². The summed E-state index contributed by atoms with van der Waals surface area (Å²) in [7, 11) is 0. The van der Waals surface area contributed by atoms with Crippen molar-refractivity contribution in [3.63, 3.8) is 0 Å². The zero-order valence-electron chi connectivity index (χ0n) is 16.3. The van der Waals surface area contributed by atoms with E-state index in [0.717, 1.165) is 18.2 Å². The van der Waals surface area contributed by atoms with E-state index in [2.05, 4.69) is 20.6 Å². The van der Waals surface area contributed by atoms with Crippen molar-refractivity contribution in [3.05, 3.63) is 93.4 Å². The number of carbonyl (C=O) groups is 1. The maximum atomic E-state index is 13.1. The minimum Gasteiger partial charge on any atom is -0.370 e. The Morgan fingerprint density at radius 3 is 2.38 bits per heavy atom. The SMILES string of the molecule is O=C(Nc1cc(C(F)(F)F)ccc1Cl)[C@H](Nc1ccc2[nH]c(=O)[nH]c2c1)c1ccccc1. The number of hydrogen-bond acceptors (Lipinski definition) is 3. The van der Waals surface area contributed by atoms with Crippen molar-refractivity contribution in [2.24, 2.45) is 0 Å². The number of halogens is 4. The van der Waals surface area contributed by atoms with Crippen LogP contribution in [-0.2, 0) is 11.0 Å². The molecule has 1 heterocycles. The molecule has 4 N–H and O–H groups in total. The second-order valence-corrected chi connectivity index (χ2v) is 7.42. The summed E-state index contributed by atoms with van der Waals surface area (Å²) in [5, 5.41) is 5.53. The van der Waals surface area contributed by atoms with Gasteiger partial charge in [0.1, 0.15) is 6.04 Å². The average Bonchev–Trinajstić information content (AvgIpc) is 3.12. The number of aromatic nitrogens is 2. The Bertz CT molecular complexity index is 1330. The van der Waals surface area contributed by atoms with Gasteiger partial charge in [0.2, 0.25) is 0 Å². The van der Waals surface area contributed by atoms with Crippen LogP contribution >= 0.6 is 11.6 Å². The number of hydrogen-bond donors (Lipinski definition) is 4. The highest BCUT2D eigenvalue weighted by atomic mass is 35.5. The molecule has 32 heavy (non-hydrogen) atoms. The number of anilines is 2. The highest BCUT2D eigenvalue weighted by Gasteiger charge is 2.31. The van der Waals surface area contributed by atoms with Crippen LogP contribution in [-0.4, -0.2) is 15.9 Å². The number of amides is 1. The van der Waals surface area contributed by atoms with Crippen LogP contribution in [0.2, 0.25) is 5.02 Å². The van der Waals surface area contributed by atoms with E-state index in [9.17, 15) is 22.8 Å². The Hall–Kier alpha value is -3.72. The molecule has 0 saturated carbocycles. The van der Waals surface area contributed by atoms with Crippen LogP contribution in [0.4, 0.5) is 24.5 Å². The summed E-state index contributed by atoms with van der Waals surface area (Å²) in [6.07, 6.45) is -4.58. The Morgan fingerprint density at radius 1 is 0.938 bits per heavy atom. The smallest absolute Gasteiger partial charge is 0.370 e. The summed E-state index contributed by atoms with van der Waals surface area (Å²) in [6, 6.07) is 15.4. The first-order valence-corrected chi connectivity index (χ1v) is 9.79. The second kappa shape index (κ2) is 8.43. The molecule has 3 aromatic carbocycles. The Labute approximate surface area is 184 Å². The fourth-order valence-electron chi connectivity index (χ4n) is 3.24. The lowest BCUT2D eigenvalue weighted by molar-refractivity contribution is -0.137. The maximum absolute atomic E-state index is 13.1. The summed E-state index contributed by atoms with van der Waals surface area (Å²) in [4.78, 5) is 29.9. The minimum absolute atomic E-state index is 0.0236. The van der Waals surface area contributed by atoms with E-state index in [-0.39, 0.29) is 16.4 Å². The molecule has 4 rings (SSSR count). The van der Waals surface area contributed by atoms with Gasteiger partial charge in [0, 0.05) is 5.69 Å². The molecule has 164 valence electrons. The van der Waals surface area contributed by atoms with Gasteiger partial charge in [0.25, 0.3) is 5.91 Å². The summed E-state index contributed by atoms with van der Waals surface area (Å²) in [5.41, 5.74) is 0.782. The van der Waals surface area contributed by atoms with Crippen molar-refractivity contribution < 1.29 is 18.0 Å². The number of benzene rings is 3. The van der Waals surface area contributed by atoms with Gasteiger partial charge in [-0.25, -0.2) is 4.79 Å². The first-order chi connectivity index (χ1) is 15.2. The van der Waals surface area contributed by atoms with Gasteiger partial charge in [-0.05, 0) is 42.0 Å². The van der Waals surface area contributed by atoms with E-state index in [4.69, 9.17) is 11.6 Å². The van der Waals surface area contributed by atoms with Crippen LogP contribution in [0.25, 0.3) is 11.0 Å². The van der Waals surface area contributed by atoms with Gasteiger partial charge in [-0.3, -0.25) is 4.79 Å². The third-order valence-electron chi connectivity index (χ3n) is 4.77. The number of rotatable bonds is 5. The lowest BCUT2D eigenvalue weighted by atomic mass is 10.1. The predicted molar refractivity (Wildman–Crippen MR) is 117 cm³/mol. The number of aromatic amines is 2. The molecular formula is C22H16ClF3N4O2. The fourth-order valence-corrected chi connectivity index (χ4v) is 3.40. The van der Waals surface area contributed by atoms with Crippen molar-refractivity contribution in [1.29, 1.82) is 0 Å². The quantitative estimate of drug-likeness (QED) is 0.325. The number of alkyl halides is 3. The average molecular weight is 461 g/mol. The molecule has 1 aromatic heterocycles. The second-order valence-electron chi connectivity index (χ2n) is 7.01. The molecule has 6 nitrogen and oxygen atoms in total. The largest absolute Gasteiger partial charge is 0.416 e. The normalized spacial score (nSPS) is 12.5. The first-order valence-electron chi connectivity index (χ1n) is 9.42. The number of carbonyl (C=O) groups excluding carboxylic acids is 1. The third kappa shape index (κ3) is 4.62. The van der Waals surface area contributed by atoms with E-state index in [0.29, 0.717) is 22.3 Å². The van der Waals surface area contributed by atoms with Crippen LogP contribution in [0.1, 0.15) is 17.2 Å². The van der Waals surface area contributed by atoms with Gasteiger partial charge < -0.3 is 20.6 Å². The van der Waals surface area contributed by atoms with E-state index in [1.807, 2.05) is 0 Å². The molecule has 0 aliphatic heterocycles. The van der Waals surface area contributed by atoms with Crippen LogP contribution in [0.5, 0.6) is 0 Å². The van der Waals surface area contributed by atoms with Crippen LogP contribution in [0, 0.1) is 0 Å². The van der Waals surface area contributed by atoms with Crippen LogP contribution in [0.15, 0.2) is 71.5 Å². The Balaban J connectivity index is 1.66. The van der Waals surface area contributed by atoms with Gasteiger partial charge in [0.15, 0.2) is 0 Å². The number of H-pyrrole nitrogens is 2. The molecule has 0 saturated heterocycles. The monoisotopic (exact) mass is 460 g/mol. The molecule has 0 fully saturated rings. The molecule has 0 aliphatic carbocycles. The summed E-state index contributed by atoms with van der Waals surface area (Å²) >= 11 is 6.03. The van der Waals surface area contributed by atoms with Crippen LogP contribution in [0.3, 0.4) is 0 Å².